The number of aromatic amines is 1. The van der Waals surface area contributed by atoms with E-state index in [-0.39, 0.29) is 17.9 Å². The number of rotatable bonds is 6. The number of aromatic nitrogens is 7. The predicted octanol–water partition coefficient (Wildman–Crippen LogP) is 3.64. The van der Waals surface area contributed by atoms with Gasteiger partial charge in [0.05, 0.1) is 22.9 Å². The summed E-state index contributed by atoms with van der Waals surface area (Å²) >= 11 is 6.65. The Labute approximate surface area is 204 Å². The summed E-state index contributed by atoms with van der Waals surface area (Å²) in [6.45, 7) is 3.48. The molecule has 1 aliphatic rings. The van der Waals surface area contributed by atoms with Crippen LogP contribution in [0.4, 0.5) is 5.82 Å². The number of aryl methyl sites for hydroxylation is 1. The lowest BCUT2D eigenvalue weighted by molar-refractivity contribution is 0.414. The average Bonchev–Trinajstić information content (AvgIpc) is 3.18. The smallest absolute Gasteiger partial charge is 0.327 e. The van der Waals surface area contributed by atoms with E-state index in [1.54, 1.807) is 6.33 Å². The van der Waals surface area contributed by atoms with Crippen molar-refractivity contribution >= 4 is 39.4 Å². The van der Waals surface area contributed by atoms with Crippen molar-refractivity contribution in [2.45, 2.75) is 19.4 Å². The number of nitrogens with two attached hydrogens (primary N) is 1. The molecule has 11 nitrogen and oxygen atoms in total. The largest absolute Gasteiger partial charge is 0.438 e. The highest BCUT2D eigenvalue weighted by molar-refractivity contribution is 6.36. The van der Waals surface area contributed by atoms with Crippen molar-refractivity contribution in [3.8, 4) is 23.4 Å². The standard InChI is InChI=1S/C23H20ClN9O2/c1-2-16-19(24)18-20(30-16)31-23(35-14-6-26-10-27-7-14)32-22(18)34-13-3-4-17-15(5-13)21(29-11-28-17)33-8-12(25)9-33/h3-7,10-12H,2,8-9,25H2,1H3,(H,30,31,32). The highest BCUT2D eigenvalue weighted by Gasteiger charge is 2.26. The highest BCUT2D eigenvalue weighted by atomic mass is 35.5. The Morgan fingerprint density at radius 2 is 1.91 bits per heavy atom. The number of hydrogen-bond donors (Lipinski definition) is 2. The Morgan fingerprint density at radius 3 is 2.69 bits per heavy atom. The molecule has 1 fully saturated rings. The minimum Gasteiger partial charge on any atom is -0.438 e. The summed E-state index contributed by atoms with van der Waals surface area (Å²) in [5, 5.41) is 1.93. The Hall–Kier alpha value is -4.09. The first-order chi connectivity index (χ1) is 17.1. The van der Waals surface area contributed by atoms with E-state index >= 15 is 0 Å². The molecule has 5 aromatic rings. The number of H-pyrrole nitrogens is 1. The van der Waals surface area contributed by atoms with E-state index in [2.05, 4.69) is 39.8 Å². The molecule has 0 atom stereocenters. The average molecular weight is 490 g/mol. The van der Waals surface area contributed by atoms with Crippen LogP contribution in [-0.4, -0.2) is 54.0 Å². The fourth-order valence-electron chi connectivity index (χ4n) is 4.00. The van der Waals surface area contributed by atoms with Crippen molar-refractivity contribution in [2.75, 3.05) is 18.0 Å². The number of ether oxygens (including phenoxy) is 2. The molecule has 1 aromatic carbocycles. The van der Waals surface area contributed by atoms with Crippen LogP contribution < -0.4 is 20.1 Å². The van der Waals surface area contributed by atoms with Crippen LogP contribution in [0.15, 0.2) is 43.2 Å². The third kappa shape index (κ3) is 3.94. The van der Waals surface area contributed by atoms with Crippen molar-refractivity contribution in [2.24, 2.45) is 5.73 Å². The Kier molecular flexibility index (Phi) is 5.27. The van der Waals surface area contributed by atoms with E-state index in [0.717, 1.165) is 35.5 Å². The quantitative estimate of drug-likeness (QED) is 0.363. The van der Waals surface area contributed by atoms with Gasteiger partial charge in [-0.25, -0.2) is 19.9 Å². The van der Waals surface area contributed by atoms with Crippen LogP contribution in [0, 0.1) is 0 Å². The van der Waals surface area contributed by atoms with Gasteiger partial charge in [0, 0.05) is 30.2 Å². The zero-order chi connectivity index (χ0) is 23.9. The molecule has 1 saturated heterocycles. The molecule has 3 N–H and O–H groups in total. The number of hydrogen-bond acceptors (Lipinski definition) is 10. The number of nitrogens with one attached hydrogen (secondary N) is 1. The zero-order valence-corrected chi connectivity index (χ0v) is 19.4. The van der Waals surface area contributed by atoms with Crippen LogP contribution in [0.3, 0.4) is 0 Å². The number of benzene rings is 1. The van der Waals surface area contributed by atoms with Gasteiger partial charge >= 0.3 is 6.01 Å². The molecule has 176 valence electrons. The lowest BCUT2D eigenvalue weighted by Crippen LogP contribution is -2.56. The molecule has 0 saturated carbocycles. The van der Waals surface area contributed by atoms with Crippen molar-refractivity contribution < 1.29 is 9.47 Å². The first-order valence-corrected chi connectivity index (χ1v) is 11.4. The van der Waals surface area contributed by atoms with Crippen LogP contribution >= 0.6 is 11.6 Å². The molecule has 0 radical (unpaired) electrons. The van der Waals surface area contributed by atoms with Gasteiger partial charge in [-0.1, -0.05) is 18.5 Å². The summed E-state index contributed by atoms with van der Waals surface area (Å²) in [4.78, 5) is 31.1. The van der Waals surface area contributed by atoms with Crippen molar-refractivity contribution in [3.63, 3.8) is 0 Å². The van der Waals surface area contributed by atoms with Crippen molar-refractivity contribution in [1.82, 2.24) is 34.9 Å². The summed E-state index contributed by atoms with van der Waals surface area (Å²) in [6, 6.07) is 5.80. The molecule has 0 aliphatic carbocycles. The van der Waals surface area contributed by atoms with Crippen LogP contribution in [0.2, 0.25) is 5.02 Å². The van der Waals surface area contributed by atoms with Gasteiger partial charge in [-0.2, -0.15) is 9.97 Å². The van der Waals surface area contributed by atoms with Gasteiger partial charge in [-0.3, -0.25) is 0 Å². The first-order valence-electron chi connectivity index (χ1n) is 11.0. The molecule has 12 heteroatoms. The molecular weight excluding hydrogens is 470 g/mol. The van der Waals surface area contributed by atoms with Crippen LogP contribution in [0.5, 0.6) is 23.4 Å². The monoisotopic (exact) mass is 489 g/mol. The fraction of sp³-hybridized carbons (Fsp3) is 0.217. The molecule has 6 rings (SSSR count). The van der Waals surface area contributed by atoms with Crippen LogP contribution in [0.25, 0.3) is 21.9 Å². The number of anilines is 1. The molecule has 0 unspecified atom stereocenters. The second-order valence-corrected chi connectivity index (χ2v) is 8.50. The fourth-order valence-corrected chi connectivity index (χ4v) is 4.35. The molecule has 4 aromatic heterocycles. The molecule has 35 heavy (non-hydrogen) atoms. The third-order valence-corrected chi connectivity index (χ3v) is 6.14. The maximum absolute atomic E-state index is 6.65. The van der Waals surface area contributed by atoms with Crippen LogP contribution in [-0.2, 0) is 6.42 Å². The maximum Gasteiger partial charge on any atom is 0.327 e. The topological polar surface area (TPSA) is 141 Å². The molecule has 1 aliphatic heterocycles. The van der Waals surface area contributed by atoms with E-state index in [4.69, 9.17) is 26.8 Å². The molecule has 5 heterocycles. The highest BCUT2D eigenvalue weighted by Crippen LogP contribution is 2.38. The Morgan fingerprint density at radius 1 is 1.09 bits per heavy atom. The summed E-state index contributed by atoms with van der Waals surface area (Å²) < 4.78 is 12.0. The van der Waals surface area contributed by atoms with Crippen LogP contribution in [0.1, 0.15) is 12.6 Å². The normalized spacial score (nSPS) is 13.9. The third-order valence-electron chi connectivity index (χ3n) is 5.72. The zero-order valence-electron chi connectivity index (χ0n) is 18.6. The second kappa shape index (κ2) is 8.60. The van der Waals surface area contributed by atoms with Gasteiger partial charge in [0.2, 0.25) is 5.88 Å². The van der Waals surface area contributed by atoms with Crippen molar-refractivity contribution in [1.29, 1.82) is 0 Å². The van der Waals surface area contributed by atoms with Gasteiger partial charge in [0.25, 0.3) is 0 Å². The van der Waals surface area contributed by atoms with Crippen molar-refractivity contribution in [3.05, 3.63) is 54.0 Å². The lowest BCUT2D eigenvalue weighted by Gasteiger charge is -2.38. The Bertz CT molecular complexity index is 1540. The minimum absolute atomic E-state index is 0.0715. The van der Waals surface area contributed by atoms with Gasteiger partial charge in [0.1, 0.15) is 35.3 Å². The predicted molar refractivity (Wildman–Crippen MR) is 130 cm³/mol. The van der Waals surface area contributed by atoms with Gasteiger partial charge in [0.15, 0.2) is 5.75 Å². The molecular formula is C23H20ClN9O2. The van der Waals surface area contributed by atoms with E-state index in [9.17, 15) is 0 Å². The summed E-state index contributed by atoms with van der Waals surface area (Å²) in [6.07, 6.45) is 6.69. The summed E-state index contributed by atoms with van der Waals surface area (Å²) in [7, 11) is 0. The first kappa shape index (κ1) is 21.4. The van der Waals surface area contributed by atoms with Gasteiger partial charge in [-0.05, 0) is 24.6 Å². The summed E-state index contributed by atoms with van der Waals surface area (Å²) in [5.74, 6) is 2.01. The minimum atomic E-state index is 0.0715. The maximum atomic E-state index is 6.65. The van der Waals surface area contributed by atoms with E-state index < -0.39 is 0 Å². The summed E-state index contributed by atoms with van der Waals surface area (Å²) in [5.41, 5.74) is 8.10. The SMILES string of the molecule is CCc1[nH]c2nc(Oc3cncnc3)nc(Oc3ccc4ncnc(N5CC(N)C5)c4c3)c2c1Cl. The Balaban J connectivity index is 1.42. The van der Waals surface area contributed by atoms with Gasteiger partial charge in [-0.15, -0.1) is 0 Å². The number of nitrogens with zero attached hydrogens (tertiary/aromatic N) is 7. The lowest BCUT2D eigenvalue weighted by atomic mass is 10.1. The second-order valence-electron chi connectivity index (χ2n) is 8.13. The molecule has 0 bridgehead atoms. The molecule has 0 spiro atoms. The van der Waals surface area contributed by atoms with Gasteiger partial charge < -0.3 is 25.1 Å². The number of halogens is 1. The molecule has 0 amide bonds. The van der Waals surface area contributed by atoms with E-state index in [0.29, 0.717) is 34.0 Å². The number of fused-ring (bicyclic) bond motifs is 2. The van der Waals surface area contributed by atoms with E-state index in [1.807, 2.05) is 25.1 Å². The van der Waals surface area contributed by atoms with E-state index in [1.165, 1.54) is 18.7 Å².